The topological polar surface area (TPSA) is 41.6 Å². The van der Waals surface area contributed by atoms with Crippen LogP contribution in [0.1, 0.15) is 11.6 Å². The number of benzene rings is 2. The number of nitrogens with one attached hydrogen (secondary N) is 1. The van der Waals surface area contributed by atoms with Crippen LogP contribution in [0.2, 0.25) is 10.0 Å². The van der Waals surface area contributed by atoms with Gasteiger partial charge in [0.1, 0.15) is 6.04 Å². The molecular formula is C18H18Cl2N2O2. The molecule has 1 fully saturated rings. The lowest BCUT2D eigenvalue weighted by atomic mass is 10.0. The first-order valence-electron chi connectivity index (χ1n) is 7.77. The van der Waals surface area contributed by atoms with Crippen molar-refractivity contribution in [2.75, 3.05) is 31.6 Å². The summed E-state index contributed by atoms with van der Waals surface area (Å²) in [5.74, 6) is -0.110. The molecule has 2 aromatic carbocycles. The third-order valence-electron chi connectivity index (χ3n) is 3.90. The monoisotopic (exact) mass is 364 g/mol. The van der Waals surface area contributed by atoms with Gasteiger partial charge >= 0.3 is 0 Å². The number of hydrogen-bond acceptors (Lipinski definition) is 3. The Morgan fingerprint density at radius 2 is 1.67 bits per heavy atom. The minimum Gasteiger partial charge on any atom is -0.379 e. The smallest absolute Gasteiger partial charge is 0.246 e. The van der Waals surface area contributed by atoms with E-state index in [1.807, 2.05) is 30.3 Å². The van der Waals surface area contributed by atoms with Crippen molar-refractivity contribution < 1.29 is 9.53 Å². The standard InChI is InChI=1S/C18H18Cl2N2O2/c19-14-10-15(20)12-16(11-14)21-18(23)17(13-4-2-1-3-5-13)22-6-8-24-9-7-22/h1-5,10-12,17H,6-9H2,(H,21,23)/t17-/m1/s1. The van der Waals surface area contributed by atoms with Crippen LogP contribution in [0.25, 0.3) is 0 Å². The Hall–Kier alpha value is -1.59. The zero-order valence-corrected chi connectivity index (χ0v) is 14.6. The number of anilines is 1. The van der Waals surface area contributed by atoms with Crippen LogP contribution in [0.5, 0.6) is 0 Å². The minimum atomic E-state index is -0.382. The SMILES string of the molecule is O=C(Nc1cc(Cl)cc(Cl)c1)[C@@H](c1ccccc1)N1CCOCC1. The Morgan fingerprint density at radius 1 is 1.04 bits per heavy atom. The van der Waals surface area contributed by atoms with Crippen LogP contribution in [0.3, 0.4) is 0 Å². The van der Waals surface area contributed by atoms with Gasteiger partial charge in [-0.05, 0) is 23.8 Å². The van der Waals surface area contributed by atoms with Gasteiger partial charge in [-0.15, -0.1) is 0 Å². The number of hydrogen-bond donors (Lipinski definition) is 1. The van der Waals surface area contributed by atoms with E-state index in [1.54, 1.807) is 18.2 Å². The number of carbonyl (C=O) groups excluding carboxylic acids is 1. The van der Waals surface area contributed by atoms with Gasteiger partial charge in [0.15, 0.2) is 0 Å². The van der Waals surface area contributed by atoms with Crippen molar-refractivity contribution in [3.05, 3.63) is 64.1 Å². The molecule has 0 unspecified atom stereocenters. The molecule has 1 amide bonds. The second-order valence-electron chi connectivity index (χ2n) is 5.61. The molecule has 0 bridgehead atoms. The molecule has 126 valence electrons. The zero-order valence-electron chi connectivity index (χ0n) is 13.0. The fraction of sp³-hybridized carbons (Fsp3) is 0.278. The molecule has 6 heteroatoms. The van der Waals surface area contributed by atoms with Gasteiger partial charge in [0.2, 0.25) is 5.91 Å². The summed E-state index contributed by atoms with van der Waals surface area (Å²) in [6.07, 6.45) is 0. The molecule has 24 heavy (non-hydrogen) atoms. The van der Waals surface area contributed by atoms with E-state index in [-0.39, 0.29) is 11.9 Å². The summed E-state index contributed by atoms with van der Waals surface area (Å²) in [5, 5.41) is 3.90. The number of carbonyl (C=O) groups is 1. The van der Waals surface area contributed by atoms with Crippen molar-refractivity contribution in [2.45, 2.75) is 6.04 Å². The number of ether oxygens (including phenoxy) is 1. The maximum absolute atomic E-state index is 13.0. The summed E-state index contributed by atoms with van der Waals surface area (Å²) in [4.78, 5) is 15.1. The summed E-state index contributed by atoms with van der Waals surface area (Å²) in [6.45, 7) is 2.67. The third-order valence-corrected chi connectivity index (χ3v) is 4.34. The predicted octanol–water partition coefficient (Wildman–Crippen LogP) is 4.01. The van der Waals surface area contributed by atoms with Crippen molar-refractivity contribution in [3.63, 3.8) is 0 Å². The third kappa shape index (κ3) is 4.28. The molecule has 1 atom stereocenters. The molecule has 1 saturated heterocycles. The van der Waals surface area contributed by atoms with E-state index in [9.17, 15) is 4.79 Å². The molecule has 3 rings (SSSR count). The lowest BCUT2D eigenvalue weighted by Crippen LogP contribution is -2.43. The van der Waals surface area contributed by atoms with E-state index < -0.39 is 0 Å². The summed E-state index contributed by atoms with van der Waals surface area (Å²) in [7, 11) is 0. The first kappa shape index (κ1) is 17.2. The summed E-state index contributed by atoms with van der Waals surface area (Å²) < 4.78 is 5.41. The number of nitrogens with zero attached hydrogens (tertiary/aromatic N) is 1. The van der Waals surface area contributed by atoms with Gasteiger partial charge in [0.05, 0.1) is 13.2 Å². The van der Waals surface area contributed by atoms with Crippen LogP contribution >= 0.6 is 23.2 Å². The molecule has 0 aromatic heterocycles. The molecule has 4 nitrogen and oxygen atoms in total. The van der Waals surface area contributed by atoms with E-state index in [0.29, 0.717) is 42.0 Å². The van der Waals surface area contributed by atoms with Crippen LogP contribution in [0.15, 0.2) is 48.5 Å². The molecule has 1 N–H and O–H groups in total. The number of rotatable bonds is 4. The molecule has 1 aliphatic rings. The van der Waals surface area contributed by atoms with Gasteiger partial charge in [-0.3, -0.25) is 9.69 Å². The van der Waals surface area contributed by atoms with Gasteiger partial charge in [-0.25, -0.2) is 0 Å². The van der Waals surface area contributed by atoms with Crippen molar-refractivity contribution in [1.82, 2.24) is 4.90 Å². The summed E-state index contributed by atoms with van der Waals surface area (Å²) >= 11 is 12.0. The quantitative estimate of drug-likeness (QED) is 0.890. The first-order chi connectivity index (χ1) is 11.6. The average molecular weight is 365 g/mol. The molecule has 1 aliphatic heterocycles. The summed E-state index contributed by atoms with van der Waals surface area (Å²) in [5.41, 5.74) is 1.54. The molecule has 0 aliphatic carbocycles. The number of halogens is 2. The zero-order chi connectivity index (χ0) is 16.9. The van der Waals surface area contributed by atoms with Gasteiger partial charge in [0.25, 0.3) is 0 Å². The Balaban J connectivity index is 1.85. The normalized spacial score (nSPS) is 16.6. The maximum Gasteiger partial charge on any atom is 0.246 e. The van der Waals surface area contributed by atoms with Crippen molar-refractivity contribution in [1.29, 1.82) is 0 Å². The van der Waals surface area contributed by atoms with E-state index in [1.165, 1.54) is 0 Å². The second-order valence-corrected chi connectivity index (χ2v) is 6.48. The van der Waals surface area contributed by atoms with E-state index in [4.69, 9.17) is 27.9 Å². The Labute approximate surface area is 151 Å². The van der Waals surface area contributed by atoms with Gasteiger partial charge < -0.3 is 10.1 Å². The van der Waals surface area contributed by atoms with Crippen molar-refractivity contribution >= 4 is 34.8 Å². The van der Waals surface area contributed by atoms with E-state index >= 15 is 0 Å². The van der Waals surface area contributed by atoms with Gasteiger partial charge in [-0.1, -0.05) is 53.5 Å². The van der Waals surface area contributed by atoms with Gasteiger partial charge in [0, 0.05) is 28.8 Å². The Bertz CT molecular complexity index is 683. The number of amides is 1. The molecule has 1 heterocycles. The van der Waals surface area contributed by atoms with Crippen LogP contribution in [-0.2, 0) is 9.53 Å². The average Bonchev–Trinajstić information content (AvgIpc) is 2.56. The van der Waals surface area contributed by atoms with Crippen LogP contribution in [0, 0.1) is 0 Å². The van der Waals surface area contributed by atoms with E-state index in [2.05, 4.69) is 10.2 Å². The lowest BCUT2D eigenvalue weighted by Gasteiger charge is -2.33. The predicted molar refractivity (Wildman–Crippen MR) is 96.7 cm³/mol. The highest BCUT2D eigenvalue weighted by molar-refractivity contribution is 6.35. The van der Waals surface area contributed by atoms with Crippen molar-refractivity contribution in [2.24, 2.45) is 0 Å². The number of morpholine rings is 1. The largest absolute Gasteiger partial charge is 0.379 e. The first-order valence-corrected chi connectivity index (χ1v) is 8.53. The van der Waals surface area contributed by atoms with Crippen LogP contribution in [-0.4, -0.2) is 37.1 Å². The molecular weight excluding hydrogens is 347 g/mol. The fourth-order valence-electron chi connectivity index (χ4n) is 2.84. The molecule has 0 saturated carbocycles. The molecule has 0 spiro atoms. The molecule has 2 aromatic rings. The van der Waals surface area contributed by atoms with Gasteiger partial charge in [-0.2, -0.15) is 0 Å². The van der Waals surface area contributed by atoms with Crippen LogP contribution in [0.4, 0.5) is 5.69 Å². The highest BCUT2D eigenvalue weighted by Gasteiger charge is 2.29. The lowest BCUT2D eigenvalue weighted by molar-refractivity contribution is -0.123. The second kappa shape index (κ2) is 7.99. The van der Waals surface area contributed by atoms with E-state index in [0.717, 1.165) is 5.56 Å². The van der Waals surface area contributed by atoms with Crippen LogP contribution < -0.4 is 5.32 Å². The highest BCUT2D eigenvalue weighted by atomic mass is 35.5. The minimum absolute atomic E-state index is 0.110. The Morgan fingerprint density at radius 3 is 2.29 bits per heavy atom. The fourth-order valence-corrected chi connectivity index (χ4v) is 3.36. The Kier molecular flexibility index (Phi) is 5.74. The maximum atomic E-state index is 13.0. The molecule has 0 radical (unpaired) electrons. The highest BCUT2D eigenvalue weighted by Crippen LogP contribution is 2.26. The van der Waals surface area contributed by atoms with Crippen molar-refractivity contribution in [3.8, 4) is 0 Å². The summed E-state index contributed by atoms with van der Waals surface area (Å²) in [6, 6.07) is 14.4.